The standard InChI is InChI=1S/C13H16F4N2O3/c1-2-22-7-11(20)6-18-12(21)19-10-4-8(13(15,16)17)3-9(14)5-10/h3-5,11,20H,2,6-7H2,1H3,(H2,18,19,21)/t11-/m1/s1. The van der Waals surface area contributed by atoms with Crippen LogP contribution in [0.1, 0.15) is 12.5 Å². The highest BCUT2D eigenvalue weighted by molar-refractivity contribution is 5.89. The van der Waals surface area contributed by atoms with Crippen LogP contribution in [0.5, 0.6) is 0 Å². The van der Waals surface area contributed by atoms with Gasteiger partial charge in [-0.3, -0.25) is 0 Å². The van der Waals surface area contributed by atoms with E-state index in [4.69, 9.17) is 4.74 Å². The van der Waals surface area contributed by atoms with E-state index in [9.17, 15) is 27.5 Å². The summed E-state index contributed by atoms with van der Waals surface area (Å²) in [5.41, 5.74) is -1.55. The smallest absolute Gasteiger partial charge is 0.389 e. The molecule has 0 aliphatic rings. The molecule has 124 valence electrons. The van der Waals surface area contributed by atoms with Crippen LogP contribution in [0.4, 0.5) is 28.0 Å². The Hall–Kier alpha value is -1.87. The minimum Gasteiger partial charge on any atom is -0.389 e. The highest BCUT2D eigenvalue weighted by Crippen LogP contribution is 2.31. The molecule has 0 saturated heterocycles. The molecule has 2 amide bonds. The van der Waals surface area contributed by atoms with Crippen molar-refractivity contribution in [2.24, 2.45) is 0 Å². The number of anilines is 1. The molecule has 1 rings (SSSR count). The number of aliphatic hydroxyl groups excluding tert-OH is 1. The quantitative estimate of drug-likeness (QED) is 0.704. The molecule has 5 nitrogen and oxygen atoms in total. The topological polar surface area (TPSA) is 70.6 Å². The molecule has 1 aromatic rings. The van der Waals surface area contributed by atoms with Crippen LogP contribution in [0.15, 0.2) is 18.2 Å². The summed E-state index contributed by atoms with van der Waals surface area (Å²) in [4.78, 5) is 11.5. The van der Waals surface area contributed by atoms with Gasteiger partial charge in [-0.1, -0.05) is 0 Å². The Balaban J connectivity index is 2.59. The number of hydrogen-bond acceptors (Lipinski definition) is 3. The Morgan fingerprint density at radius 2 is 2.05 bits per heavy atom. The van der Waals surface area contributed by atoms with Crippen LogP contribution >= 0.6 is 0 Å². The highest BCUT2D eigenvalue weighted by Gasteiger charge is 2.31. The van der Waals surface area contributed by atoms with Crippen LogP contribution in [0, 0.1) is 5.82 Å². The Morgan fingerprint density at radius 3 is 2.64 bits per heavy atom. The average molecular weight is 324 g/mol. The first-order valence-corrected chi connectivity index (χ1v) is 6.40. The van der Waals surface area contributed by atoms with Gasteiger partial charge in [-0.05, 0) is 25.1 Å². The van der Waals surface area contributed by atoms with Gasteiger partial charge in [0.15, 0.2) is 0 Å². The van der Waals surface area contributed by atoms with Crippen molar-refractivity contribution in [1.82, 2.24) is 5.32 Å². The molecule has 0 saturated carbocycles. The molecule has 0 fully saturated rings. The van der Waals surface area contributed by atoms with Gasteiger partial charge < -0.3 is 20.5 Å². The lowest BCUT2D eigenvalue weighted by Gasteiger charge is -2.13. The zero-order valence-corrected chi connectivity index (χ0v) is 11.7. The number of hydrogen-bond donors (Lipinski definition) is 3. The van der Waals surface area contributed by atoms with E-state index in [0.717, 1.165) is 6.07 Å². The van der Waals surface area contributed by atoms with Gasteiger partial charge in [0, 0.05) is 18.8 Å². The van der Waals surface area contributed by atoms with Gasteiger partial charge in [0.2, 0.25) is 0 Å². The third-order valence-electron chi connectivity index (χ3n) is 2.50. The summed E-state index contributed by atoms with van der Waals surface area (Å²) in [6.45, 7) is 1.98. The molecule has 0 unspecified atom stereocenters. The average Bonchev–Trinajstić information content (AvgIpc) is 2.41. The van der Waals surface area contributed by atoms with Crippen molar-refractivity contribution in [3.8, 4) is 0 Å². The van der Waals surface area contributed by atoms with Crippen LogP contribution in [-0.2, 0) is 10.9 Å². The predicted molar refractivity (Wildman–Crippen MR) is 70.9 cm³/mol. The lowest BCUT2D eigenvalue weighted by atomic mass is 10.2. The summed E-state index contributed by atoms with van der Waals surface area (Å²) >= 11 is 0. The lowest BCUT2D eigenvalue weighted by molar-refractivity contribution is -0.137. The second-order valence-corrected chi connectivity index (χ2v) is 4.37. The normalized spacial score (nSPS) is 12.8. The third-order valence-corrected chi connectivity index (χ3v) is 2.50. The van der Waals surface area contributed by atoms with E-state index in [0.29, 0.717) is 18.7 Å². The van der Waals surface area contributed by atoms with Crippen molar-refractivity contribution in [3.05, 3.63) is 29.6 Å². The Kier molecular flexibility index (Phi) is 6.57. The summed E-state index contributed by atoms with van der Waals surface area (Å²) in [6, 6.07) is 0.828. The number of amides is 2. The van der Waals surface area contributed by atoms with E-state index in [2.05, 4.69) is 10.6 Å². The molecule has 0 aromatic heterocycles. The molecular formula is C13H16F4N2O3. The van der Waals surface area contributed by atoms with Gasteiger partial charge in [0.25, 0.3) is 0 Å². The number of nitrogens with one attached hydrogen (secondary N) is 2. The molecular weight excluding hydrogens is 308 g/mol. The van der Waals surface area contributed by atoms with E-state index >= 15 is 0 Å². The van der Waals surface area contributed by atoms with E-state index in [1.54, 1.807) is 6.92 Å². The second kappa shape index (κ2) is 7.95. The first-order chi connectivity index (χ1) is 10.2. The zero-order chi connectivity index (χ0) is 16.8. The molecule has 0 radical (unpaired) electrons. The number of carbonyl (C=O) groups is 1. The van der Waals surface area contributed by atoms with Crippen LogP contribution in [0.3, 0.4) is 0 Å². The molecule has 9 heteroatoms. The SMILES string of the molecule is CCOC[C@H](O)CNC(=O)Nc1cc(F)cc(C(F)(F)F)c1. The highest BCUT2D eigenvalue weighted by atomic mass is 19.4. The van der Waals surface area contributed by atoms with E-state index in [-0.39, 0.29) is 18.8 Å². The van der Waals surface area contributed by atoms with Crippen LogP contribution in [-0.4, -0.2) is 37.0 Å². The van der Waals surface area contributed by atoms with Crippen molar-refractivity contribution >= 4 is 11.7 Å². The molecule has 0 aliphatic heterocycles. The first-order valence-electron chi connectivity index (χ1n) is 6.40. The van der Waals surface area contributed by atoms with Crippen molar-refractivity contribution in [3.63, 3.8) is 0 Å². The second-order valence-electron chi connectivity index (χ2n) is 4.37. The molecule has 0 aliphatic carbocycles. The molecule has 22 heavy (non-hydrogen) atoms. The van der Waals surface area contributed by atoms with Gasteiger partial charge in [-0.15, -0.1) is 0 Å². The lowest BCUT2D eigenvalue weighted by Crippen LogP contribution is -2.37. The van der Waals surface area contributed by atoms with Gasteiger partial charge >= 0.3 is 12.2 Å². The van der Waals surface area contributed by atoms with Crippen molar-refractivity contribution in [2.45, 2.75) is 19.2 Å². The van der Waals surface area contributed by atoms with E-state index in [1.165, 1.54) is 0 Å². The number of rotatable bonds is 6. The monoisotopic (exact) mass is 324 g/mol. The number of benzene rings is 1. The van der Waals surface area contributed by atoms with Crippen molar-refractivity contribution in [2.75, 3.05) is 25.1 Å². The fourth-order valence-corrected chi connectivity index (χ4v) is 1.52. The number of ether oxygens (including phenoxy) is 1. The first kappa shape index (κ1) is 18.2. The maximum atomic E-state index is 13.1. The fourth-order valence-electron chi connectivity index (χ4n) is 1.52. The number of aliphatic hydroxyl groups is 1. The van der Waals surface area contributed by atoms with Crippen LogP contribution < -0.4 is 10.6 Å². The van der Waals surface area contributed by atoms with Crippen LogP contribution in [0.2, 0.25) is 0 Å². The number of carbonyl (C=O) groups excluding carboxylic acids is 1. The minimum atomic E-state index is -4.72. The molecule has 3 N–H and O–H groups in total. The fraction of sp³-hybridized carbons (Fsp3) is 0.462. The van der Waals surface area contributed by atoms with E-state index < -0.39 is 29.7 Å². The zero-order valence-electron chi connectivity index (χ0n) is 11.7. The van der Waals surface area contributed by atoms with Gasteiger partial charge in [0.1, 0.15) is 5.82 Å². The third kappa shape index (κ3) is 6.27. The Bertz CT molecular complexity index is 509. The summed E-state index contributed by atoms with van der Waals surface area (Å²) in [5.74, 6) is -1.12. The maximum absolute atomic E-state index is 13.1. The van der Waals surface area contributed by atoms with Gasteiger partial charge in [0.05, 0.1) is 18.3 Å². The van der Waals surface area contributed by atoms with Crippen molar-refractivity contribution in [1.29, 1.82) is 0 Å². The summed E-state index contributed by atoms with van der Waals surface area (Å²) in [7, 11) is 0. The minimum absolute atomic E-state index is 0.00890. The van der Waals surface area contributed by atoms with Gasteiger partial charge in [-0.2, -0.15) is 13.2 Å². The number of alkyl halides is 3. The summed E-state index contributed by atoms with van der Waals surface area (Å²) in [5, 5.41) is 13.7. The molecule has 0 heterocycles. The Labute approximate surface area is 124 Å². The van der Waals surface area contributed by atoms with E-state index in [1.807, 2.05) is 0 Å². The predicted octanol–water partition coefficient (Wildman–Crippen LogP) is 2.36. The van der Waals surface area contributed by atoms with Crippen molar-refractivity contribution < 1.29 is 32.2 Å². The van der Waals surface area contributed by atoms with Crippen LogP contribution in [0.25, 0.3) is 0 Å². The largest absolute Gasteiger partial charge is 0.416 e. The summed E-state index contributed by atoms with van der Waals surface area (Å²) in [6.07, 6.45) is -5.67. The number of halogens is 4. The van der Waals surface area contributed by atoms with Gasteiger partial charge in [-0.25, -0.2) is 9.18 Å². The summed E-state index contributed by atoms with van der Waals surface area (Å²) < 4.78 is 55.6. The molecule has 0 bridgehead atoms. The maximum Gasteiger partial charge on any atom is 0.416 e. The Morgan fingerprint density at radius 1 is 1.36 bits per heavy atom. The molecule has 0 spiro atoms. The number of urea groups is 1. The molecule has 1 atom stereocenters. The molecule has 1 aromatic carbocycles.